The van der Waals surface area contributed by atoms with Gasteiger partial charge in [0.25, 0.3) is 5.89 Å². The van der Waals surface area contributed by atoms with Crippen LogP contribution in [0, 0.1) is 5.82 Å². The van der Waals surface area contributed by atoms with Crippen molar-refractivity contribution in [3.05, 3.63) is 29.8 Å². The molecule has 0 spiro atoms. The van der Waals surface area contributed by atoms with Crippen molar-refractivity contribution in [2.75, 3.05) is 21.1 Å². The Morgan fingerprint density at radius 1 is 1.39 bits per heavy atom. The van der Waals surface area contributed by atoms with Crippen LogP contribution in [0.3, 0.4) is 0 Å². The van der Waals surface area contributed by atoms with Gasteiger partial charge in [0, 0.05) is 26.6 Å². The summed E-state index contributed by atoms with van der Waals surface area (Å²) in [5.74, 6) is -0.252. The van der Waals surface area contributed by atoms with Gasteiger partial charge < -0.3 is 9.84 Å². The Kier molecular flexibility index (Phi) is 5.12. The molecule has 0 saturated heterocycles. The Labute approximate surface area is 134 Å². The molecule has 0 radical (unpaired) electrons. The molecule has 1 aromatic heterocycles. The third-order valence-corrected chi connectivity index (χ3v) is 5.21. The standard InChI is InChI=1S/C14H19FN4O3S/c1-9(16-2)7-13-17-14(22-18-13)11-8-10(5-6-12(11)15)23(20,21)19(3)4/h5-6,8-9,16H,7H2,1-4H3. The Morgan fingerprint density at radius 3 is 2.70 bits per heavy atom. The SMILES string of the molecule is CNC(C)Cc1noc(-c2cc(S(=O)(=O)N(C)C)ccc2F)n1. The third-order valence-electron chi connectivity index (χ3n) is 3.40. The van der Waals surface area contributed by atoms with E-state index in [4.69, 9.17) is 4.52 Å². The van der Waals surface area contributed by atoms with Gasteiger partial charge in [-0.15, -0.1) is 0 Å². The van der Waals surface area contributed by atoms with E-state index in [-0.39, 0.29) is 22.4 Å². The summed E-state index contributed by atoms with van der Waals surface area (Å²) in [4.78, 5) is 4.09. The lowest BCUT2D eigenvalue weighted by atomic mass is 10.2. The summed E-state index contributed by atoms with van der Waals surface area (Å²) in [6, 6.07) is 3.61. The van der Waals surface area contributed by atoms with Crippen molar-refractivity contribution in [1.82, 2.24) is 19.8 Å². The molecule has 1 atom stereocenters. The van der Waals surface area contributed by atoms with Gasteiger partial charge in [-0.2, -0.15) is 4.98 Å². The van der Waals surface area contributed by atoms with Crippen molar-refractivity contribution in [2.45, 2.75) is 24.3 Å². The number of aromatic nitrogens is 2. The van der Waals surface area contributed by atoms with Gasteiger partial charge in [0.15, 0.2) is 5.82 Å². The molecule has 0 saturated carbocycles. The highest BCUT2D eigenvalue weighted by molar-refractivity contribution is 7.89. The van der Waals surface area contributed by atoms with Crippen LogP contribution in [0.25, 0.3) is 11.5 Å². The molecular weight excluding hydrogens is 323 g/mol. The lowest BCUT2D eigenvalue weighted by Crippen LogP contribution is -2.24. The van der Waals surface area contributed by atoms with Crippen molar-refractivity contribution in [2.24, 2.45) is 0 Å². The molecule has 1 aromatic carbocycles. The molecule has 2 aromatic rings. The number of sulfonamides is 1. The fourth-order valence-corrected chi connectivity index (χ4v) is 2.79. The lowest BCUT2D eigenvalue weighted by molar-refractivity contribution is 0.416. The quantitative estimate of drug-likeness (QED) is 0.851. The Bertz CT molecular complexity index is 789. The number of likely N-dealkylation sites (N-methyl/N-ethyl adjacent to an activating group) is 1. The number of rotatable bonds is 6. The number of nitrogens with one attached hydrogen (secondary N) is 1. The zero-order valence-corrected chi connectivity index (χ0v) is 14.2. The largest absolute Gasteiger partial charge is 0.334 e. The first kappa shape index (κ1) is 17.5. The molecule has 0 aliphatic rings. The summed E-state index contributed by atoms with van der Waals surface area (Å²) < 4.78 is 44.4. The van der Waals surface area contributed by atoms with Crippen LogP contribution < -0.4 is 5.32 Å². The van der Waals surface area contributed by atoms with Gasteiger partial charge in [-0.05, 0) is 32.2 Å². The summed E-state index contributed by atoms with van der Waals surface area (Å²) in [6.45, 7) is 1.95. The van der Waals surface area contributed by atoms with Crippen molar-refractivity contribution in [1.29, 1.82) is 0 Å². The number of hydrogen-bond acceptors (Lipinski definition) is 6. The van der Waals surface area contributed by atoms with Gasteiger partial charge in [0.2, 0.25) is 10.0 Å². The Balaban J connectivity index is 2.40. The van der Waals surface area contributed by atoms with E-state index in [0.717, 1.165) is 10.4 Å². The molecule has 126 valence electrons. The predicted octanol–water partition coefficient (Wildman–Crippen LogP) is 1.28. The minimum Gasteiger partial charge on any atom is -0.334 e. The maximum atomic E-state index is 14.0. The normalized spacial score (nSPS) is 13.5. The van der Waals surface area contributed by atoms with E-state index in [1.165, 1.54) is 26.2 Å². The van der Waals surface area contributed by atoms with Crippen LogP contribution in [0.15, 0.2) is 27.6 Å². The van der Waals surface area contributed by atoms with Crippen LogP contribution in [-0.2, 0) is 16.4 Å². The van der Waals surface area contributed by atoms with Crippen molar-refractivity contribution >= 4 is 10.0 Å². The second-order valence-electron chi connectivity index (χ2n) is 5.34. The van der Waals surface area contributed by atoms with Crippen LogP contribution >= 0.6 is 0 Å². The highest BCUT2D eigenvalue weighted by atomic mass is 32.2. The smallest absolute Gasteiger partial charge is 0.260 e. The molecule has 0 bridgehead atoms. The summed E-state index contributed by atoms with van der Waals surface area (Å²) >= 11 is 0. The fourth-order valence-electron chi connectivity index (χ4n) is 1.86. The molecule has 2 rings (SSSR count). The van der Waals surface area contributed by atoms with Crippen molar-refractivity contribution in [3.63, 3.8) is 0 Å². The molecule has 1 unspecified atom stereocenters. The van der Waals surface area contributed by atoms with Gasteiger partial charge in [0.1, 0.15) is 5.82 Å². The minimum absolute atomic E-state index is 0.0382. The van der Waals surface area contributed by atoms with E-state index in [0.29, 0.717) is 12.2 Å². The second kappa shape index (κ2) is 6.73. The average molecular weight is 342 g/mol. The zero-order valence-electron chi connectivity index (χ0n) is 13.4. The number of hydrogen-bond donors (Lipinski definition) is 1. The van der Waals surface area contributed by atoms with E-state index in [1.54, 1.807) is 7.05 Å². The second-order valence-corrected chi connectivity index (χ2v) is 7.49. The highest BCUT2D eigenvalue weighted by Crippen LogP contribution is 2.25. The van der Waals surface area contributed by atoms with Crippen LogP contribution in [-0.4, -0.2) is 50.0 Å². The predicted molar refractivity (Wildman–Crippen MR) is 82.8 cm³/mol. The molecule has 7 nitrogen and oxygen atoms in total. The van der Waals surface area contributed by atoms with Gasteiger partial charge in [-0.3, -0.25) is 0 Å². The minimum atomic E-state index is -3.67. The number of halogens is 1. The average Bonchev–Trinajstić information content (AvgIpc) is 2.95. The van der Waals surface area contributed by atoms with Crippen LogP contribution in [0.4, 0.5) is 4.39 Å². The van der Waals surface area contributed by atoms with Crippen LogP contribution in [0.5, 0.6) is 0 Å². The molecule has 0 amide bonds. The molecule has 1 N–H and O–H groups in total. The maximum Gasteiger partial charge on any atom is 0.260 e. The van der Waals surface area contributed by atoms with Gasteiger partial charge in [0.05, 0.1) is 10.5 Å². The van der Waals surface area contributed by atoms with Gasteiger partial charge >= 0.3 is 0 Å². The maximum absolute atomic E-state index is 14.0. The molecule has 1 heterocycles. The molecule has 0 aliphatic carbocycles. The number of nitrogens with zero attached hydrogens (tertiary/aromatic N) is 3. The zero-order chi connectivity index (χ0) is 17.2. The van der Waals surface area contributed by atoms with Gasteiger partial charge in [-0.25, -0.2) is 17.1 Å². The summed E-state index contributed by atoms with van der Waals surface area (Å²) in [5.41, 5.74) is -0.0382. The first-order valence-corrected chi connectivity index (χ1v) is 8.42. The first-order valence-electron chi connectivity index (χ1n) is 6.98. The Hall–Kier alpha value is -1.84. The summed E-state index contributed by atoms with van der Waals surface area (Å²) in [5, 5.41) is 6.83. The monoisotopic (exact) mass is 342 g/mol. The van der Waals surface area contributed by atoms with Crippen LogP contribution in [0.1, 0.15) is 12.7 Å². The summed E-state index contributed by atoms with van der Waals surface area (Å²) in [6.07, 6.45) is 0.511. The first-order chi connectivity index (χ1) is 10.8. The highest BCUT2D eigenvalue weighted by Gasteiger charge is 2.22. The molecule has 23 heavy (non-hydrogen) atoms. The molecule has 9 heteroatoms. The van der Waals surface area contributed by atoms with E-state index >= 15 is 0 Å². The van der Waals surface area contributed by atoms with E-state index in [2.05, 4.69) is 15.5 Å². The lowest BCUT2D eigenvalue weighted by Gasteiger charge is -2.11. The Morgan fingerprint density at radius 2 is 2.09 bits per heavy atom. The summed E-state index contributed by atoms with van der Waals surface area (Å²) in [7, 11) is 0.943. The number of benzene rings is 1. The van der Waals surface area contributed by atoms with E-state index in [9.17, 15) is 12.8 Å². The molecule has 0 fully saturated rings. The fraction of sp³-hybridized carbons (Fsp3) is 0.429. The topological polar surface area (TPSA) is 88.3 Å². The van der Waals surface area contributed by atoms with Crippen molar-refractivity contribution < 1.29 is 17.3 Å². The third kappa shape index (κ3) is 3.74. The van der Waals surface area contributed by atoms with E-state index in [1.807, 2.05) is 6.92 Å². The van der Waals surface area contributed by atoms with Crippen molar-refractivity contribution in [3.8, 4) is 11.5 Å². The van der Waals surface area contributed by atoms with Crippen LogP contribution in [0.2, 0.25) is 0 Å². The van der Waals surface area contributed by atoms with Gasteiger partial charge in [-0.1, -0.05) is 5.16 Å². The molecule has 0 aliphatic heterocycles. The van der Waals surface area contributed by atoms with E-state index < -0.39 is 15.8 Å². The molecular formula is C14H19FN4O3S.